The number of carbonyl (C=O) groups excluding carboxylic acids is 1. The molecule has 0 saturated heterocycles. The lowest BCUT2D eigenvalue weighted by Crippen LogP contribution is -2.46. The molecular weight excluding hydrogens is 424 g/mol. The van der Waals surface area contributed by atoms with Gasteiger partial charge in [0.25, 0.3) is 0 Å². The van der Waals surface area contributed by atoms with E-state index in [1.54, 1.807) is 0 Å². The molecule has 0 radical (unpaired) electrons. The Labute approximate surface area is 199 Å². The smallest absolute Gasteiger partial charge is 0.315 e. The van der Waals surface area contributed by atoms with Gasteiger partial charge in [-0.15, -0.1) is 11.8 Å². The molecule has 0 aromatic heterocycles. The molecule has 0 unspecified atom stereocenters. The Balaban J connectivity index is 2.43. The summed E-state index contributed by atoms with van der Waals surface area (Å²) in [5, 5.41) is 20.0. The van der Waals surface area contributed by atoms with Crippen molar-refractivity contribution < 1.29 is 24.5 Å². The average Bonchev–Trinajstić information content (AvgIpc) is 2.75. The predicted octanol–water partition coefficient (Wildman–Crippen LogP) is 6.52. The van der Waals surface area contributed by atoms with Crippen molar-refractivity contribution in [3.63, 3.8) is 0 Å². The van der Waals surface area contributed by atoms with E-state index in [4.69, 9.17) is 4.74 Å². The van der Waals surface area contributed by atoms with Crippen molar-refractivity contribution in [2.24, 2.45) is 5.41 Å². The summed E-state index contributed by atoms with van der Waals surface area (Å²) in [6.07, 6.45) is 18.3. The summed E-state index contributed by atoms with van der Waals surface area (Å²) in [4.78, 5) is 23.0. The number of carboxylic acids is 1. The fourth-order valence-corrected chi connectivity index (χ4v) is 5.93. The first-order chi connectivity index (χ1) is 15.3. The van der Waals surface area contributed by atoms with Crippen molar-refractivity contribution in [3.8, 4) is 0 Å². The average molecular weight is 471 g/mol. The van der Waals surface area contributed by atoms with Gasteiger partial charge >= 0.3 is 11.9 Å². The van der Waals surface area contributed by atoms with Crippen LogP contribution in [0.15, 0.2) is 11.6 Å². The zero-order chi connectivity index (χ0) is 23.8. The summed E-state index contributed by atoms with van der Waals surface area (Å²) < 4.78 is 4.75. The second-order valence-corrected chi connectivity index (χ2v) is 10.7. The minimum absolute atomic E-state index is 0.0602. The maximum absolute atomic E-state index is 11.6. The Hall–Kier alpha value is -1.01. The number of aliphatic hydroxyl groups is 1. The molecule has 1 aliphatic rings. The molecule has 0 amide bonds. The van der Waals surface area contributed by atoms with Crippen LogP contribution >= 0.6 is 11.8 Å². The molecule has 1 aliphatic carbocycles. The van der Waals surface area contributed by atoms with Gasteiger partial charge in [-0.05, 0) is 25.7 Å². The second-order valence-electron chi connectivity index (χ2n) is 9.58. The van der Waals surface area contributed by atoms with Crippen LogP contribution in [0.4, 0.5) is 0 Å². The van der Waals surface area contributed by atoms with Gasteiger partial charge in [0.2, 0.25) is 0 Å². The van der Waals surface area contributed by atoms with Crippen molar-refractivity contribution in [2.45, 2.75) is 122 Å². The summed E-state index contributed by atoms with van der Waals surface area (Å²) >= 11 is 1.37. The van der Waals surface area contributed by atoms with E-state index in [1.807, 2.05) is 6.92 Å². The molecule has 0 aliphatic heterocycles. The number of aliphatic carboxylic acids is 1. The van der Waals surface area contributed by atoms with E-state index in [2.05, 4.69) is 13.0 Å². The highest BCUT2D eigenvalue weighted by atomic mass is 32.2. The zero-order valence-corrected chi connectivity index (χ0v) is 21.4. The highest BCUT2D eigenvalue weighted by Gasteiger charge is 2.45. The van der Waals surface area contributed by atoms with Crippen LogP contribution in [-0.4, -0.2) is 46.4 Å². The lowest BCUT2D eigenvalue weighted by atomic mass is 9.69. The molecule has 1 rings (SSSR count). The van der Waals surface area contributed by atoms with Gasteiger partial charge in [0.15, 0.2) is 0 Å². The summed E-state index contributed by atoms with van der Waals surface area (Å²) in [7, 11) is 1.36. The van der Waals surface area contributed by atoms with Crippen LogP contribution in [-0.2, 0) is 14.3 Å². The zero-order valence-electron chi connectivity index (χ0n) is 20.6. The largest absolute Gasteiger partial charge is 0.481 e. The molecule has 0 aromatic carbocycles. The van der Waals surface area contributed by atoms with E-state index in [0.717, 1.165) is 24.8 Å². The van der Waals surface area contributed by atoms with Crippen molar-refractivity contribution in [3.05, 3.63) is 11.6 Å². The molecular formula is C26H46O5S. The number of allylic oxidation sites excluding steroid dienone is 1. The molecule has 32 heavy (non-hydrogen) atoms. The fourth-order valence-electron chi connectivity index (χ4n) is 4.56. The second kappa shape index (κ2) is 16.6. The number of hydrogen-bond donors (Lipinski definition) is 2. The third kappa shape index (κ3) is 11.2. The van der Waals surface area contributed by atoms with Gasteiger partial charge in [-0.2, -0.15) is 0 Å². The van der Waals surface area contributed by atoms with Gasteiger partial charge in [0, 0.05) is 5.41 Å². The first kappa shape index (κ1) is 29.0. The van der Waals surface area contributed by atoms with Crippen LogP contribution in [0, 0.1) is 5.41 Å². The topological polar surface area (TPSA) is 83.8 Å². The van der Waals surface area contributed by atoms with Gasteiger partial charge in [-0.3, -0.25) is 9.59 Å². The lowest BCUT2D eigenvalue weighted by Gasteiger charge is -2.43. The Morgan fingerprint density at radius 2 is 1.62 bits per heavy atom. The Morgan fingerprint density at radius 1 is 1.06 bits per heavy atom. The van der Waals surface area contributed by atoms with Crippen LogP contribution in [0.1, 0.15) is 110 Å². The van der Waals surface area contributed by atoms with Gasteiger partial charge in [-0.25, -0.2) is 0 Å². The summed E-state index contributed by atoms with van der Waals surface area (Å²) in [5.74, 6) is -1.05. The Bertz CT molecular complexity index is 577. The van der Waals surface area contributed by atoms with E-state index in [1.165, 1.54) is 83.1 Å². The summed E-state index contributed by atoms with van der Waals surface area (Å²) in [6.45, 7) is 4.10. The molecule has 0 heterocycles. The monoisotopic (exact) mass is 470 g/mol. The number of aliphatic hydroxyl groups excluding tert-OH is 1. The molecule has 186 valence electrons. The predicted molar refractivity (Wildman–Crippen MR) is 133 cm³/mol. The van der Waals surface area contributed by atoms with Gasteiger partial charge in [0.1, 0.15) is 0 Å². The number of ether oxygens (including phenoxy) is 1. The van der Waals surface area contributed by atoms with E-state index in [-0.39, 0.29) is 23.4 Å². The van der Waals surface area contributed by atoms with Crippen molar-refractivity contribution in [1.82, 2.24) is 0 Å². The number of thioether (sulfide) groups is 1. The minimum atomic E-state index is -0.892. The summed E-state index contributed by atoms with van der Waals surface area (Å²) in [6, 6.07) is 0. The van der Waals surface area contributed by atoms with Gasteiger partial charge in [0.05, 0.1) is 30.6 Å². The number of unbranched alkanes of at least 4 members (excludes halogenated alkanes) is 11. The van der Waals surface area contributed by atoms with E-state index in [9.17, 15) is 19.8 Å². The first-order valence-corrected chi connectivity index (χ1v) is 13.7. The molecule has 0 bridgehead atoms. The first-order valence-electron chi connectivity index (χ1n) is 12.6. The molecule has 2 N–H and O–H groups in total. The molecule has 3 atom stereocenters. The standard InChI is InChI=1S/C26H46O5S/c1-4-5-6-7-8-9-10-11-12-13-14-15-16-21-17-18-26(2,19-22(27)28)25(30)24(21)32-20-23(29)31-3/h16,24-25,30H,4-15,17-20H2,1-3H3,(H,27,28)/t24-,25+,26+/m1/s1. The number of hydrogen-bond acceptors (Lipinski definition) is 5. The van der Waals surface area contributed by atoms with Crippen LogP contribution in [0.3, 0.4) is 0 Å². The molecule has 0 aromatic rings. The van der Waals surface area contributed by atoms with E-state index in [0.29, 0.717) is 6.42 Å². The Morgan fingerprint density at radius 3 is 2.16 bits per heavy atom. The molecule has 1 fully saturated rings. The number of esters is 1. The number of methoxy groups -OCH3 is 1. The molecule has 0 spiro atoms. The van der Waals surface area contributed by atoms with Crippen LogP contribution in [0.2, 0.25) is 0 Å². The number of rotatable bonds is 17. The highest BCUT2D eigenvalue weighted by Crippen LogP contribution is 2.46. The maximum Gasteiger partial charge on any atom is 0.315 e. The summed E-state index contributed by atoms with van der Waals surface area (Å²) in [5.41, 5.74) is 0.481. The van der Waals surface area contributed by atoms with Crippen LogP contribution in [0.25, 0.3) is 0 Å². The Kier molecular flexibility index (Phi) is 15.0. The minimum Gasteiger partial charge on any atom is -0.481 e. The van der Waals surface area contributed by atoms with Gasteiger partial charge in [-0.1, -0.05) is 89.7 Å². The molecule has 6 heteroatoms. The third-order valence-corrected chi connectivity index (χ3v) is 8.05. The van der Waals surface area contributed by atoms with E-state index >= 15 is 0 Å². The van der Waals surface area contributed by atoms with Crippen molar-refractivity contribution in [2.75, 3.05) is 12.9 Å². The van der Waals surface area contributed by atoms with E-state index < -0.39 is 17.5 Å². The number of carboxylic acid groups (broad SMARTS) is 1. The van der Waals surface area contributed by atoms with Crippen molar-refractivity contribution in [1.29, 1.82) is 0 Å². The van der Waals surface area contributed by atoms with Crippen LogP contribution < -0.4 is 0 Å². The van der Waals surface area contributed by atoms with Gasteiger partial charge < -0.3 is 14.9 Å². The highest BCUT2D eigenvalue weighted by molar-refractivity contribution is 8.00. The van der Waals surface area contributed by atoms with Crippen molar-refractivity contribution >= 4 is 23.7 Å². The maximum atomic E-state index is 11.6. The lowest BCUT2D eigenvalue weighted by molar-refractivity contribution is -0.142. The molecule has 5 nitrogen and oxygen atoms in total. The molecule has 1 saturated carbocycles. The van der Waals surface area contributed by atoms with Crippen LogP contribution in [0.5, 0.6) is 0 Å². The number of carbonyl (C=O) groups is 2. The quantitative estimate of drug-likeness (QED) is 0.143. The fraction of sp³-hybridized carbons (Fsp3) is 0.846. The SMILES string of the molecule is CCCCCCCCCCCCCC=C1CC[C@@](C)(CC(=O)O)[C@@H](O)[C@@H]1SCC(=O)OC. The third-order valence-electron chi connectivity index (χ3n) is 6.73. The normalized spacial score (nSPS) is 24.6.